The molecule has 0 radical (unpaired) electrons. The Balaban J connectivity index is 1.58. The fourth-order valence-electron chi connectivity index (χ4n) is 3.01. The highest BCUT2D eigenvalue weighted by molar-refractivity contribution is 5.90. The van der Waals surface area contributed by atoms with E-state index in [0.29, 0.717) is 18.0 Å². The summed E-state index contributed by atoms with van der Waals surface area (Å²) in [5, 5.41) is 9.63. The molecular formula is C24H19N3O. The average Bonchev–Trinajstić information content (AvgIpc) is 3.14. The molecule has 0 amide bonds. The van der Waals surface area contributed by atoms with Crippen molar-refractivity contribution in [3.05, 3.63) is 95.3 Å². The van der Waals surface area contributed by atoms with Crippen molar-refractivity contribution in [1.82, 2.24) is 9.97 Å². The van der Waals surface area contributed by atoms with Gasteiger partial charge in [0.2, 0.25) is 0 Å². The van der Waals surface area contributed by atoms with Gasteiger partial charge in [0, 0.05) is 0 Å². The molecule has 3 aromatic carbocycles. The minimum Gasteiger partial charge on any atom is -0.489 e. The highest BCUT2D eigenvalue weighted by Crippen LogP contribution is 2.22. The van der Waals surface area contributed by atoms with Crippen molar-refractivity contribution in [3.8, 4) is 11.8 Å². The second-order valence-electron chi connectivity index (χ2n) is 6.62. The summed E-state index contributed by atoms with van der Waals surface area (Å²) in [6.07, 6.45) is 1.82. The van der Waals surface area contributed by atoms with Gasteiger partial charge in [0.1, 0.15) is 24.3 Å². The van der Waals surface area contributed by atoms with E-state index in [1.165, 1.54) is 0 Å². The van der Waals surface area contributed by atoms with Gasteiger partial charge in [0.05, 0.1) is 16.6 Å². The summed E-state index contributed by atoms with van der Waals surface area (Å²) in [4.78, 5) is 7.78. The van der Waals surface area contributed by atoms with Crippen LogP contribution in [0.3, 0.4) is 0 Å². The topological polar surface area (TPSA) is 61.7 Å². The number of hydrogen-bond donors (Lipinski definition) is 1. The molecule has 4 rings (SSSR count). The van der Waals surface area contributed by atoms with Gasteiger partial charge in [-0.15, -0.1) is 0 Å². The number of hydrogen-bond acceptors (Lipinski definition) is 3. The van der Waals surface area contributed by atoms with Crippen molar-refractivity contribution in [2.75, 3.05) is 0 Å². The Morgan fingerprint density at radius 3 is 2.75 bits per heavy atom. The van der Waals surface area contributed by atoms with E-state index in [1.807, 2.05) is 85.8 Å². The number of ether oxygens (including phenoxy) is 1. The third-order valence-electron chi connectivity index (χ3n) is 4.43. The SMILES string of the molecule is Cc1ccc2nc(/C(C#N)=C\c3cccc(OCc4ccccc4)c3)[nH]c2c1. The summed E-state index contributed by atoms with van der Waals surface area (Å²) < 4.78 is 5.88. The molecule has 0 saturated carbocycles. The molecule has 0 aliphatic heterocycles. The molecule has 0 spiro atoms. The van der Waals surface area contributed by atoms with E-state index in [9.17, 15) is 5.26 Å². The van der Waals surface area contributed by atoms with E-state index in [0.717, 1.165) is 33.5 Å². The molecule has 0 bridgehead atoms. The lowest BCUT2D eigenvalue weighted by Crippen LogP contribution is -1.95. The molecule has 0 saturated heterocycles. The molecule has 136 valence electrons. The Morgan fingerprint density at radius 2 is 1.93 bits per heavy atom. The van der Waals surface area contributed by atoms with Crippen molar-refractivity contribution in [3.63, 3.8) is 0 Å². The average molecular weight is 365 g/mol. The van der Waals surface area contributed by atoms with Crippen LogP contribution in [-0.2, 0) is 6.61 Å². The summed E-state index contributed by atoms with van der Waals surface area (Å²) in [6.45, 7) is 2.53. The Kier molecular flexibility index (Phi) is 4.90. The zero-order valence-electron chi connectivity index (χ0n) is 15.5. The van der Waals surface area contributed by atoms with Crippen LogP contribution in [0.15, 0.2) is 72.8 Å². The van der Waals surface area contributed by atoms with E-state index in [2.05, 4.69) is 16.0 Å². The first-order chi connectivity index (χ1) is 13.7. The summed E-state index contributed by atoms with van der Waals surface area (Å²) in [5.41, 5.74) is 5.40. The lowest BCUT2D eigenvalue weighted by Gasteiger charge is -2.07. The van der Waals surface area contributed by atoms with Crippen LogP contribution in [0.2, 0.25) is 0 Å². The van der Waals surface area contributed by atoms with Gasteiger partial charge in [-0.2, -0.15) is 5.26 Å². The number of imidazole rings is 1. The van der Waals surface area contributed by atoms with Crippen LogP contribution < -0.4 is 4.74 Å². The minimum atomic E-state index is 0.481. The van der Waals surface area contributed by atoms with Crippen LogP contribution in [0.25, 0.3) is 22.7 Å². The third-order valence-corrected chi connectivity index (χ3v) is 4.43. The van der Waals surface area contributed by atoms with Crippen LogP contribution in [0.4, 0.5) is 0 Å². The smallest absolute Gasteiger partial charge is 0.149 e. The first kappa shape index (κ1) is 17.6. The molecule has 0 aliphatic carbocycles. The number of aromatic amines is 1. The number of aromatic nitrogens is 2. The standard InChI is InChI=1S/C24H19N3O/c1-17-10-11-22-23(12-17)27-24(26-22)20(15-25)13-19-8-5-9-21(14-19)28-16-18-6-3-2-4-7-18/h2-14H,16H2,1H3,(H,26,27)/b20-13-. The fourth-order valence-corrected chi connectivity index (χ4v) is 3.01. The van der Waals surface area contributed by atoms with E-state index < -0.39 is 0 Å². The highest BCUT2D eigenvalue weighted by Gasteiger charge is 2.08. The first-order valence-corrected chi connectivity index (χ1v) is 9.06. The van der Waals surface area contributed by atoms with Gasteiger partial charge in [0.15, 0.2) is 0 Å². The molecule has 4 aromatic rings. The monoisotopic (exact) mass is 365 g/mol. The van der Waals surface area contributed by atoms with Gasteiger partial charge >= 0.3 is 0 Å². The second kappa shape index (κ2) is 7.81. The predicted molar refractivity (Wildman–Crippen MR) is 112 cm³/mol. The fraction of sp³-hybridized carbons (Fsp3) is 0.0833. The molecule has 0 aliphatic rings. The molecule has 28 heavy (non-hydrogen) atoms. The molecule has 0 atom stereocenters. The largest absolute Gasteiger partial charge is 0.489 e. The third kappa shape index (κ3) is 3.94. The maximum absolute atomic E-state index is 9.63. The lowest BCUT2D eigenvalue weighted by molar-refractivity contribution is 0.306. The van der Waals surface area contributed by atoms with Gasteiger partial charge in [-0.05, 0) is 54.0 Å². The predicted octanol–water partition coefficient (Wildman–Crippen LogP) is 5.51. The Morgan fingerprint density at radius 1 is 1.07 bits per heavy atom. The molecular weight excluding hydrogens is 346 g/mol. The first-order valence-electron chi connectivity index (χ1n) is 9.06. The molecule has 1 N–H and O–H groups in total. The Labute approximate surface area is 163 Å². The molecule has 4 heteroatoms. The molecule has 1 aromatic heterocycles. The van der Waals surface area contributed by atoms with Crippen LogP contribution in [-0.4, -0.2) is 9.97 Å². The minimum absolute atomic E-state index is 0.481. The van der Waals surface area contributed by atoms with E-state index >= 15 is 0 Å². The van der Waals surface area contributed by atoms with Crippen molar-refractivity contribution in [2.45, 2.75) is 13.5 Å². The summed E-state index contributed by atoms with van der Waals surface area (Å²) in [7, 11) is 0. The van der Waals surface area contributed by atoms with Gasteiger partial charge in [0.25, 0.3) is 0 Å². The van der Waals surface area contributed by atoms with E-state index in [1.54, 1.807) is 0 Å². The lowest BCUT2D eigenvalue weighted by atomic mass is 10.1. The van der Waals surface area contributed by atoms with Crippen molar-refractivity contribution < 1.29 is 4.74 Å². The maximum atomic E-state index is 9.63. The number of rotatable bonds is 5. The summed E-state index contributed by atoms with van der Waals surface area (Å²) >= 11 is 0. The zero-order valence-corrected chi connectivity index (χ0v) is 15.5. The molecule has 4 nitrogen and oxygen atoms in total. The quantitative estimate of drug-likeness (QED) is 0.474. The number of H-pyrrole nitrogens is 1. The van der Waals surface area contributed by atoms with Crippen molar-refractivity contribution in [2.24, 2.45) is 0 Å². The Hall–Kier alpha value is -3.84. The van der Waals surface area contributed by atoms with Gasteiger partial charge < -0.3 is 9.72 Å². The van der Waals surface area contributed by atoms with Crippen molar-refractivity contribution in [1.29, 1.82) is 5.26 Å². The maximum Gasteiger partial charge on any atom is 0.149 e. The molecule has 0 unspecified atom stereocenters. The van der Waals surface area contributed by atoms with Gasteiger partial charge in [-0.1, -0.05) is 48.5 Å². The summed E-state index contributed by atoms with van der Waals surface area (Å²) in [6, 6.07) is 26.0. The van der Waals surface area contributed by atoms with E-state index in [4.69, 9.17) is 4.74 Å². The molecule has 1 heterocycles. The number of aryl methyl sites for hydroxylation is 1. The van der Waals surface area contributed by atoms with Gasteiger partial charge in [-0.25, -0.2) is 4.98 Å². The van der Waals surface area contributed by atoms with E-state index in [-0.39, 0.29) is 0 Å². The van der Waals surface area contributed by atoms with Crippen LogP contribution in [0.1, 0.15) is 22.5 Å². The number of nitrogens with zero attached hydrogens (tertiary/aromatic N) is 2. The van der Waals surface area contributed by atoms with Crippen LogP contribution in [0.5, 0.6) is 5.75 Å². The van der Waals surface area contributed by atoms with Crippen LogP contribution in [0, 0.1) is 18.3 Å². The van der Waals surface area contributed by atoms with Gasteiger partial charge in [-0.3, -0.25) is 0 Å². The number of allylic oxidation sites excluding steroid dienone is 1. The molecule has 0 fully saturated rings. The summed E-state index contributed by atoms with van der Waals surface area (Å²) in [5.74, 6) is 1.33. The van der Waals surface area contributed by atoms with Crippen molar-refractivity contribution >= 4 is 22.7 Å². The normalized spacial score (nSPS) is 11.4. The number of nitriles is 1. The number of benzene rings is 3. The van der Waals surface area contributed by atoms with Crippen LogP contribution >= 0.6 is 0 Å². The number of fused-ring (bicyclic) bond motifs is 1. The highest BCUT2D eigenvalue weighted by atomic mass is 16.5. The zero-order chi connectivity index (χ0) is 19.3. The Bertz CT molecular complexity index is 1180. The second-order valence-corrected chi connectivity index (χ2v) is 6.62. The number of nitrogens with one attached hydrogen (secondary N) is 1.